The van der Waals surface area contributed by atoms with Crippen LogP contribution in [0, 0.1) is 6.92 Å². The van der Waals surface area contributed by atoms with Gasteiger partial charge in [0.05, 0.1) is 6.61 Å². The number of nitrogens with one attached hydrogen (secondary N) is 1. The Balaban J connectivity index is 2.43. The number of aliphatic carboxylic acids is 1. The summed E-state index contributed by atoms with van der Waals surface area (Å²) >= 11 is 0. The first kappa shape index (κ1) is 17.7. The number of carbonyl (C=O) groups is 2. The minimum atomic E-state index is -1.03. The van der Waals surface area contributed by atoms with Crippen LogP contribution in [0.15, 0.2) is 30.9 Å². The molecule has 0 saturated carbocycles. The Hall–Kier alpha value is -2.34. The number of hydrogen-bond donors (Lipinski definition) is 2. The number of carbonyl (C=O) groups excluding carboxylic acids is 1. The lowest BCUT2D eigenvalue weighted by Crippen LogP contribution is -2.13. The normalized spacial score (nSPS) is 10.0. The molecule has 1 aromatic rings. The Morgan fingerprint density at radius 2 is 2.18 bits per heavy atom. The summed E-state index contributed by atoms with van der Waals surface area (Å²) < 4.78 is 10.3. The molecule has 0 atom stereocenters. The average Bonchev–Trinajstić information content (AvgIpc) is 2.47. The number of carboxylic acid groups (broad SMARTS) is 1. The first-order chi connectivity index (χ1) is 10.5. The van der Waals surface area contributed by atoms with Gasteiger partial charge >= 0.3 is 5.97 Å². The average molecular weight is 307 g/mol. The van der Waals surface area contributed by atoms with Crippen molar-refractivity contribution in [1.82, 2.24) is 0 Å². The van der Waals surface area contributed by atoms with Gasteiger partial charge < -0.3 is 19.9 Å². The molecule has 0 bridgehead atoms. The predicted octanol–water partition coefficient (Wildman–Crippen LogP) is 2.38. The Bertz CT molecular complexity index is 527. The van der Waals surface area contributed by atoms with Crippen molar-refractivity contribution >= 4 is 17.6 Å². The fraction of sp³-hybridized carbons (Fsp3) is 0.375. The molecule has 22 heavy (non-hydrogen) atoms. The van der Waals surface area contributed by atoms with Crippen LogP contribution in [0.25, 0.3) is 0 Å². The van der Waals surface area contributed by atoms with E-state index in [9.17, 15) is 9.59 Å². The smallest absolute Gasteiger partial charge is 0.341 e. The summed E-state index contributed by atoms with van der Waals surface area (Å²) in [6, 6.07) is 5.00. The van der Waals surface area contributed by atoms with Crippen LogP contribution < -0.4 is 10.1 Å². The Morgan fingerprint density at radius 3 is 2.82 bits per heavy atom. The van der Waals surface area contributed by atoms with E-state index < -0.39 is 12.6 Å². The second-order valence-corrected chi connectivity index (χ2v) is 4.67. The molecule has 6 nitrogen and oxygen atoms in total. The van der Waals surface area contributed by atoms with Crippen LogP contribution in [0.1, 0.15) is 18.4 Å². The summed E-state index contributed by atoms with van der Waals surface area (Å²) in [5, 5.41) is 11.4. The van der Waals surface area contributed by atoms with Crippen molar-refractivity contribution in [3.8, 4) is 5.75 Å². The third kappa shape index (κ3) is 6.90. The maximum Gasteiger partial charge on any atom is 0.341 e. The number of anilines is 1. The van der Waals surface area contributed by atoms with Crippen LogP contribution in [-0.2, 0) is 14.3 Å². The number of carboxylic acids is 1. The molecule has 0 radical (unpaired) electrons. The maximum atomic E-state index is 11.8. The topological polar surface area (TPSA) is 84.9 Å². The highest BCUT2D eigenvalue weighted by molar-refractivity contribution is 5.91. The van der Waals surface area contributed by atoms with Gasteiger partial charge in [-0.3, -0.25) is 4.79 Å². The van der Waals surface area contributed by atoms with Gasteiger partial charge in [-0.15, -0.1) is 6.58 Å². The van der Waals surface area contributed by atoms with Crippen LogP contribution in [0.3, 0.4) is 0 Å². The van der Waals surface area contributed by atoms with E-state index in [2.05, 4.69) is 11.9 Å². The van der Waals surface area contributed by atoms with Crippen LogP contribution in [-0.4, -0.2) is 36.8 Å². The second-order valence-electron chi connectivity index (χ2n) is 4.67. The molecule has 0 aliphatic rings. The second kappa shape index (κ2) is 9.57. The first-order valence-corrected chi connectivity index (χ1v) is 6.96. The van der Waals surface area contributed by atoms with Gasteiger partial charge in [0.2, 0.25) is 5.91 Å². The molecular weight excluding hydrogens is 286 g/mol. The number of ether oxygens (including phenoxy) is 2. The maximum absolute atomic E-state index is 11.8. The third-order valence-corrected chi connectivity index (χ3v) is 2.76. The summed E-state index contributed by atoms with van der Waals surface area (Å²) in [4.78, 5) is 22.2. The number of amides is 1. The lowest BCUT2D eigenvalue weighted by atomic mass is 10.2. The molecule has 0 aromatic heterocycles. The van der Waals surface area contributed by atoms with Crippen LogP contribution in [0.5, 0.6) is 5.75 Å². The van der Waals surface area contributed by atoms with Crippen molar-refractivity contribution in [2.45, 2.75) is 19.8 Å². The molecule has 0 heterocycles. The van der Waals surface area contributed by atoms with Gasteiger partial charge in [0.25, 0.3) is 0 Å². The van der Waals surface area contributed by atoms with Crippen molar-refractivity contribution in [1.29, 1.82) is 0 Å². The summed E-state index contributed by atoms with van der Waals surface area (Å²) in [6.45, 7) is 5.96. The highest BCUT2D eigenvalue weighted by atomic mass is 16.5. The Kier molecular flexibility index (Phi) is 7.70. The van der Waals surface area contributed by atoms with E-state index in [1.54, 1.807) is 24.3 Å². The number of rotatable bonds is 10. The Labute approximate surface area is 129 Å². The van der Waals surface area contributed by atoms with E-state index in [1.165, 1.54) is 0 Å². The van der Waals surface area contributed by atoms with Crippen LogP contribution in [0.2, 0.25) is 0 Å². The molecule has 6 heteroatoms. The van der Waals surface area contributed by atoms with E-state index in [-0.39, 0.29) is 5.91 Å². The summed E-state index contributed by atoms with van der Waals surface area (Å²) in [5.41, 5.74) is 1.49. The molecule has 0 spiro atoms. The molecule has 120 valence electrons. The summed E-state index contributed by atoms with van der Waals surface area (Å²) in [5.74, 6) is -0.672. The molecule has 0 fully saturated rings. The SMILES string of the molecule is C=CCOCCCC(=O)Nc1ccc(OCC(=O)O)cc1C. The van der Waals surface area contributed by atoms with Crippen molar-refractivity contribution in [3.63, 3.8) is 0 Å². The molecule has 0 saturated heterocycles. The molecule has 1 rings (SSSR count). The lowest BCUT2D eigenvalue weighted by Gasteiger charge is -2.10. The first-order valence-electron chi connectivity index (χ1n) is 6.96. The Morgan fingerprint density at radius 1 is 1.41 bits per heavy atom. The fourth-order valence-electron chi connectivity index (χ4n) is 1.73. The van der Waals surface area contributed by atoms with Gasteiger partial charge in [0, 0.05) is 18.7 Å². The fourth-order valence-corrected chi connectivity index (χ4v) is 1.73. The predicted molar refractivity (Wildman–Crippen MR) is 83.2 cm³/mol. The van der Waals surface area contributed by atoms with Gasteiger partial charge in [-0.1, -0.05) is 6.08 Å². The van der Waals surface area contributed by atoms with Crippen LogP contribution >= 0.6 is 0 Å². The van der Waals surface area contributed by atoms with Gasteiger partial charge in [0.15, 0.2) is 6.61 Å². The highest BCUT2D eigenvalue weighted by Crippen LogP contribution is 2.21. The molecule has 1 aromatic carbocycles. The quantitative estimate of drug-likeness (QED) is 0.512. The zero-order valence-electron chi connectivity index (χ0n) is 12.6. The van der Waals surface area contributed by atoms with E-state index in [4.69, 9.17) is 14.6 Å². The summed E-state index contributed by atoms with van der Waals surface area (Å²) in [6.07, 6.45) is 2.67. The summed E-state index contributed by atoms with van der Waals surface area (Å²) in [7, 11) is 0. The lowest BCUT2D eigenvalue weighted by molar-refractivity contribution is -0.139. The van der Waals surface area contributed by atoms with Crippen molar-refractivity contribution in [2.75, 3.05) is 25.1 Å². The molecule has 0 aliphatic carbocycles. The monoisotopic (exact) mass is 307 g/mol. The van der Waals surface area contributed by atoms with Gasteiger partial charge in [-0.25, -0.2) is 4.79 Å². The zero-order valence-corrected chi connectivity index (χ0v) is 12.6. The van der Waals surface area contributed by atoms with Crippen LogP contribution in [0.4, 0.5) is 5.69 Å². The minimum absolute atomic E-state index is 0.0930. The van der Waals surface area contributed by atoms with Crippen molar-refractivity contribution < 1.29 is 24.2 Å². The van der Waals surface area contributed by atoms with E-state index in [0.29, 0.717) is 37.5 Å². The molecule has 1 amide bonds. The van der Waals surface area contributed by atoms with E-state index in [0.717, 1.165) is 5.56 Å². The molecular formula is C16H21NO5. The molecule has 2 N–H and O–H groups in total. The van der Waals surface area contributed by atoms with Crippen molar-refractivity contribution in [2.24, 2.45) is 0 Å². The zero-order chi connectivity index (χ0) is 16.4. The van der Waals surface area contributed by atoms with Gasteiger partial charge in [0.1, 0.15) is 5.75 Å². The third-order valence-electron chi connectivity index (χ3n) is 2.76. The minimum Gasteiger partial charge on any atom is -0.482 e. The van der Waals surface area contributed by atoms with E-state index >= 15 is 0 Å². The number of benzene rings is 1. The molecule has 0 unspecified atom stereocenters. The number of aryl methyl sites for hydroxylation is 1. The van der Waals surface area contributed by atoms with Crippen molar-refractivity contribution in [3.05, 3.63) is 36.4 Å². The van der Waals surface area contributed by atoms with E-state index in [1.807, 2.05) is 6.92 Å². The highest BCUT2D eigenvalue weighted by Gasteiger charge is 2.07. The number of hydrogen-bond acceptors (Lipinski definition) is 4. The van der Waals surface area contributed by atoms with Gasteiger partial charge in [-0.2, -0.15) is 0 Å². The largest absolute Gasteiger partial charge is 0.482 e. The molecule has 0 aliphatic heterocycles. The standard InChI is InChI=1S/C16H21NO5/c1-3-8-21-9-4-5-15(18)17-14-7-6-13(10-12(14)2)22-11-16(19)20/h3,6-7,10H,1,4-5,8-9,11H2,2H3,(H,17,18)(H,19,20). The van der Waals surface area contributed by atoms with Gasteiger partial charge in [-0.05, 0) is 37.1 Å².